The average Bonchev–Trinajstić information content (AvgIpc) is 2.98. The van der Waals surface area contributed by atoms with Gasteiger partial charge in [-0.1, -0.05) is 13.3 Å². The van der Waals surface area contributed by atoms with Crippen LogP contribution in [0.3, 0.4) is 0 Å². The van der Waals surface area contributed by atoms with Gasteiger partial charge in [0.1, 0.15) is 0 Å². The van der Waals surface area contributed by atoms with E-state index in [2.05, 4.69) is 12.2 Å². The van der Waals surface area contributed by atoms with Gasteiger partial charge in [0, 0.05) is 19.1 Å². The van der Waals surface area contributed by atoms with E-state index in [1.165, 1.54) is 12.8 Å². The van der Waals surface area contributed by atoms with Crippen molar-refractivity contribution in [3.63, 3.8) is 0 Å². The lowest BCUT2D eigenvalue weighted by Crippen LogP contribution is -2.32. The lowest BCUT2D eigenvalue weighted by molar-refractivity contribution is 0.451. The molecule has 0 bridgehead atoms. The van der Waals surface area contributed by atoms with Crippen LogP contribution in [-0.2, 0) is 10.0 Å². The highest BCUT2D eigenvalue weighted by atomic mass is 32.2. The summed E-state index contributed by atoms with van der Waals surface area (Å²) in [5.41, 5.74) is 0. The van der Waals surface area contributed by atoms with Crippen molar-refractivity contribution in [2.75, 3.05) is 25.4 Å². The van der Waals surface area contributed by atoms with Crippen molar-refractivity contribution in [1.82, 2.24) is 9.62 Å². The molecule has 100 valence electrons. The molecule has 1 aliphatic carbocycles. The largest absolute Gasteiger partial charge is 0.314 e. The maximum absolute atomic E-state index is 12.1. The van der Waals surface area contributed by atoms with Crippen LogP contribution < -0.4 is 5.32 Å². The summed E-state index contributed by atoms with van der Waals surface area (Å²) in [6, 6.07) is 0.675. The zero-order valence-electron chi connectivity index (χ0n) is 10.7. The first-order valence-electron chi connectivity index (χ1n) is 6.83. The van der Waals surface area contributed by atoms with E-state index in [0.29, 0.717) is 17.7 Å². The Kier molecular flexibility index (Phi) is 4.44. The van der Waals surface area contributed by atoms with E-state index < -0.39 is 10.0 Å². The minimum absolute atomic E-state index is 0.309. The molecule has 5 heteroatoms. The highest BCUT2D eigenvalue weighted by Gasteiger charge is 2.30. The van der Waals surface area contributed by atoms with Crippen molar-refractivity contribution in [3.8, 4) is 0 Å². The SMILES string of the molecule is CCC1CCN(S(=O)(=O)CCCNC2CC2)C1. The van der Waals surface area contributed by atoms with Gasteiger partial charge in [-0.25, -0.2) is 12.7 Å². The number of nitrogens with one attached hydrogen (secondary N) is 1. The van der Waals surface area contributed by atoms with Crippen LogP contribution in [-0.4, -0.2) is 44.2 Å². The summed E-state index contributed by atoms with van der Waals surface area (Å²) in [7, 11) is -2.99. The molecule has 1 saturated carbocycles. The fourth-order valence-electron chi connectivity index (χ4n) is 2.36. The highest BCUT2D eigenvalue weighted by Crippen LogP contribution is 2.22. The summed E-state index contributed by atoms with van der Waals surface area (Å²) in [5.74, 6) is 0.887. The quantitative estimate of drug-likeness (QED) is 0.700. The Morgan fingerprint density at radius 1 is 1.29 bits per heavy atom. The first kappa shape index (κ1) is 13.3. The molecule has 1 N–H and O–H groups in total. The molecule has 17 heavy (non-hydrogen) atoms. The van der Waals surface area contributed by atoms with Crippen LogP contribution >= 0.6 is 0 Å². The van der Waals surface area contributed by atoms with Crippen molar-refractivity contribution in [1.29, 1.82) is 0 Å². The van der Waals surface area contributed by atoms with Crippen molar-refractivity contribution < 1.29 is 8.42 Å². The molecule has 1 saturated heterocycles. The van der Waals surface area contributed by atoms with Crippen LogP contribution in [0.1, 0.15) is 39.0 Å². The summed E-state index contributed by atoms with van der Waals surface area (Å²) in [6.07, 6.45) is 5.39. The third-order valence-electron chi connectivity index (χ3n) is 3.81. The molecule has 1 aliphatic heterocycles. The molecule has 4 nitrogen and oxygen atoms in total. The molecule has 0 amide bonds. The Morgan fingerprint density at radius 2 is 2.06 bits per heavy atom. The Morgan fingerprint density at radius 3 is 2.65 bits per heavy atom. The number of sulfonamides is 1. The zero-order valence-corrected chi connectivity index (χ0v) is 11.5. The summed E-state index contributed by atoms with van der Waals surface area (Å²) in [6.45, 7) is 4.46. The van der Waals surface area contributed by atoms with Crippen molar-refractivity contribution in [2.45, 2.75) is 45.1 Å². The summed E-state index contributed by atoms with van der Waals surface area (Å²) >= 11 is 0. The smallest absolute Gasteiger partial charge is 0.214 e. The van der Waals surface area contributed by atoms with Gasteiger partial charge in [0.15, 0.2) is 0 Å². The number of rotatable bonds is 7. The monoisotopic (exact) mass is 260 g/mol. The Labute approximate surface area is 105 Å². The van der Waals surface area contributed by atoms with Crippen LogP contribution in [0.4, 0.5) is 0 Å². The predicted octanol–water partition coefficient (Wildman–Crippen LogP) is 1.19. The molecule has 0 radical (unpaired) electrons. The third kappa shape index (κ3) is 3.93. The van der Waals surface area contributed by atoms with Gasteiger partial charge in [0.05, 0.1) is 5.75 Å². The third-order valence-corrected chi connectivity index (χ3v) is 5.73. The van der Waals surface area contributed by atoms with Crippen molar-refractivity contribution in [3.05, 3.63) is 0 Å². The molecule has 1 unspecified atom stereocenters. The molecule has 2 rings (SSSR count). The van der Waals surface area contributed by atoms with E-state index >= 15 is 0 Å². The normalized spacial score (nSPS) is 26.5. The predicted molar refractivity (Wildman–Crippen MR) is 69.4 cm³/mol. The molecule has 1 heterocycles. The molecule has 1 atom stereocenters. The molecule has 0 aromatic rings. The van der Waals surface area contributed by atoms with Gasteiger partial charge in [0.25, 0.3) is 0 Å². The standard InChI is InChI=1S/C12H24N2O2S/c1-2-11-6-8-14(10-11)17(15,16)9-3-7-13-12-4-5-12/h11-13H,2-10H2,1H3. The molecule has 0 aromatic carbocycles. The fourth-order valence-corrected chi connectivity index (χ4v) is 3.95. The number of hydrogen-bond acceptors (Lipinski definition) is 3. The second-order valence-electron chi connectivity index (χ2n) is 5.32. The summed E-state index contributed by atoms with van der Waals surface area (Å²) in [5, 5.41) is 3.36. The van der Waals surface area contributed by atoms with Gasteiger partial charge in [-0.3, -0.25) is 0 Å². The molecular weight excluding hydrogens is 236 g/mol. The Hall–Kier alpha value is -0.130. The maximum Gasteiger partial charge on any atom is 0.214 e. The van der Waals surface area contributed by atoms with Crippen LogP contribution in [0.2, 0.25) is 0 Å². The van der Waals surface area contributed by atoms with Crippen LogP contribution in [0.15, 0.2) is 0 Å². The molecule has 0 spiro atoms. The van der Waals surface area contributed by atoms with Crippen LogP contribution in [0.5, 0.6) is 0 Å². The van der Waals surface area contributed by atoms with Gasteiger partial charge in [-0.2, -0.15) is 0 Å². The van der Waals surface area contributed by atoms with Gasteiger partial charge in [-0.05, 0) is 38.1 Å². The first-order chi connectivity index (χ1) is 8.12. The van der Waals surface area contributed by atoms with E-state index in [4.69, 9.17) is 0 Å². The zero-order chi connectivity index (χ0) is 12.3. The molecule has 2 aliphatic rings. The van der Waals surface area contributed by atoms with Gasteiger partial charge in [0.2, 0.25) is 10.0 Å². The Bertz CT molecular complexity index is 338. The van der Waals surface area contributed by atoms with Crippen molar-refractivity contribution in [2.24, 2.45) is 5.92 Å². The molecule has 2 fully saturated rings. The highest BCUT2D eigenvalue weighted by molar-refractivity contribution is 7.89. The van der Waals surface area contributed by atoms with E-state index in [9.17, 15) is 8.42 Å². The van der Waals surface area contributed by atoms with E-state index in [-0.39, 0.29) is 0 Å². The number of hydrogen-bond donors (Lipinski definition) is 1. The lowest BCUT2D eigenvalue weighted by Gasteiger charge is -2.16. The van der Waals surface area contributed by atoms with E-state index in [1.54, 1.807) is 4.31 Å². The maximum atomic E-state index is 12.1. The minimum atomic E-state index is -2.99. The summed E-state index contributed by atoms with van der Waals surface area (Å²) in [4.78, 5) is 0. The van der Waals surface area contributed by atoms with Gasteiger partial charge < -0.3 is 5.32 Å². The second kappa shape index (κ2) is 5.67. The van der Waals surface area contributed by atoms with Crippen molar-refractivity contribution >= 4 is 10.0 Å². The number of nitrogens with zero attached hydrogens (tertiary/aromatic N) is 1. The van der Waals surface area contributed by atoms with Gasteiger partial charge >= 0.3 is 0 Å². The van der Waals surface area contributed by atoms with Gasteiger partial charge in [-0.15, -0.1) is 0 Å². The molecule has 0 aromatic heterocycles. The van der Waals surface area contributed by atoms with E-state index in [1.807, 2.05) is 0 Å². The summed E-state index contributed by atoms with van der Waals surface area (Å²) < 4.78 is 25.8. The topological polar surface area (TPSA) is 49.4 Å². The molecular formula is C12H24N2O2S. The van der Waals surface area contributed by atoms with E-state index in [0.717, 1.165) is 38.9 Å². The Balaban J connectivity index is 1.69. The fraction of sp³-hybridized carbons (Fsp3) is 1.00. The lowest BCUT2D eigenvalue weighted by atomic mass is 10.1. The van der Waals surface area contributed by atoms with Crippen LogP contribution in [0.25, 0.3) is 0 Å². The average molecular weight is 260 g/mol. The first-order valence-corrected chi connectivity index (χ1v) is 8.44. The minimum Gasteiger partial charge on any atom is -0.314 e. The van der Waals surface area contributed by atoms with Crippen LogP contribution in [0, 0.1) is 5.92 Å². The second-order valence-corrected chi connectivity index (χ2v) is 7.41.